The van der Waals surface area contributed by atoms with Crippen molar-refractivity contribution in [3.8, 4) is 5.75 Å². The number of rotatable bonds is 7. The number of hydrogen-bond acceptors (Lipinski definition) is 4. The van der Waals surface area contributed by atoms with Gasteiger partial charge in [-0.3, -0.25) is 9.69 Å². The van der Waals surface area contributed by atoms with E-state index >= 15 is 0 Å². The molecule has 2 amide bonds. The molecule has 6 nitrogen and oxygen atoms in total. The second-order valence-corrected chi connectivity index (χ2v) is 7.01. The lowest BCUT2D eigenvalue weighted by Gasteiger charge is -2.28. The van der Waals surface area contributed by atoms with Gasteiger partial charge in [-0.25, -0.2) is 4.79 Å². The highest BCUT2D eigenvalue weighted by molar-refractivity contribution is 5.96. The molecule has 3 rings (SSSR count). The Morgan fingerprint density at radius 1 is 1.11 bits per heavy atom. The second kappa shape index (κ2) is 9.37. The molecular weight excluding hydrogens is 354 g/mol. The molecular formula is C22H27N3O3. The van der Waals surface area contributed by atoms with E-state index in [4.69, 9.17) is 4.74 Å². The van der Waals surface area contributed by atoms with Crippen LogP contribution in [0.4, 0.5) is 10.5 Å². The molecule has 1 aliphatic heterocycles. The number of carbonyl (C=O) groups is 2. The lowest BCUT2D eigenvalue weighted by molar-refractivity contribution is 0.101. The Morgan fingerprint density at radius 3 is 2.57 bits per heavy atom. The van der Waals surface area contributed by atoms with Gasteiger partial charge >= 0.3 is 6.03 Å². The van der Waals surface area contributed by atoms with Crippen LogP contribution in [-0.4, -0.2) is 43.5 Å². The van der Waals surface area contributed by atoms with E-state index < -0.39 is 0 Å². The fourth-order valence-electron chi connectivity index (χ4n) is 3.54. The first-order chi connectivity index (χ1) is 13.6. The zero-order valence-corrected chi connectivity index (χ0v) is 16.4. The van der Waals surface area contributed by atoms with Crippen molar-refractivity contribution in [2.24, 2.45) is 0 Å². The number of anilines is 1. The van der Waals surface area contributed by atoms with E-state index in [2.05, 4.69) is 21.6 Å². The Hall–Kier alpha value is -2.86. The van der Waals surface area contributed by atoms with Crippen molar-refractivity contribution in [1.82, 2.24) is 10.2 Å². The third-order valence-electron chi connectivity index (χ3n) is 5.04. The van der Waals surface area contributed by atoms with Crippen molar-refractivity contribution >= 4 is 17.5 Å². The average Bonchev–Trinajstić information content (AvgIpc) is 3.23. The zero-order chi connectivity index (χ0) is 19.9. The first-order valence-electron chi connectivity index (χ1n) is 9.60. The predicted octanol–water partition coefficient (Wildman–Crippen LogP) is 3.86. The van der Waals surface area contributed by atoms with Crippen LogP contribution in [0.3, 0.4) is 0 Å². The standard InChI is InChI=1S/C22H27N3O3/c1-16(26)17-7-5-9-19(13-17)24-22(27)23-15-21(25-11-3-4-12-25)18-8-6-10-20(14-18)28-2/h5-10,13-14,21H,3-4,11-12,15H2,1-2H3,(H2,23,24,27). The SMILES string of the molecule is COc1cccc(C(CNC(=O)Nc2cccc(C(C)=O)c2)N2CCCC2)c1. The van der Waals surface area contributed by atoms with E-state index in [0.29, 0.717) is 17.8 Å². The number of likely N-dealkylation sites (tertiary alicyclic amines) is 1. The van der Waals surface area contributed by atoms with Crippen molar-refractivity contribution in [2.45, 2.75) is 25.8 Å². The predicted molar refractivity (Wildman–Crippen MR) is 110 cm³/mol. The van der Waals surface area contributed by atoms with Crippen molar-refractivity contribution in [3.05, 3.63) is 59.7 Å². The van der Waals surface area contributed by atoms with Crippen LogP contribution in [0.25, 0.3) is 0 Å². The van der Waals surface area contributed by atoms with Gasteiger partial charge in [0.25, 0.3) is 0 Å². The molecule has 0 saturated carbocycles. The van der Waals surface area contributed by atoms with E-state index in [1.165, 1.54) is 19.8 Å². The van der Waals surface area contributed by atoms with E-state index in [1.54, 1.807) is 31.4 Å². The number of nitrogens with zero attached hydrogens (tertiary/aromatic N) is 1. The Morgan fingerprint density at radius 2 is 1.86 bits per heavy atom. The first kappa shape index (κ1) is 19.9. The van der Waals surface area contributed by atoms with Gasteiger partial charge in [-0.1, -0.05) is 24.3 Å². The molecule has 0 aliphatic carbocycles. The fraction of sp³-hybridized carbons (Fsp3) is 0.364. The van der Waals surface area contributed by atoms with Crippen LogP contribution in [-0.2, 0) is 0 Å². The summed E-state index contributed by atoms with van der Waals surface area (Å²) >= 11 is 0. The summed E-state index contributed by atoms with van der Waals surface area (Å²) in [5, 5.41) is 5.79. The molecule has 28 heavy (non-hydrogen) atoms. The number of nitrogens with one attached hydrogen (secondary N) is 2. The van der Waals surface area contributed by atoms with Gasteiger partial charge < -0.3 is 15.4 Å². The Labute approximate surface area is 165 Å². The number of amides is 2. The number of methoxy groups -OCH3 is 1. The molecule has 148 valence electrons. The average molecular weight is 381 g/mol. The van der Waals surface area contributed by atoms with Crippen molar-refractivity contribution < 1.29 is 14.3 Å². The molecule has 1 aliphatic rings. The van der Waals surface area contributed by atoms with Gasteiger partial charge in [0, 0.05) is 17.8 Å². The van der Waals surface area contributed by atoms with Crippen molar-refractivity contribution in [2.75, 3.05) is 32.1 Å². The van der Waals surface area contributed by atoms with Crippen LogP contribution < -0.4 is 15.4 Å². The topological polar surface area (TPSA) is 70.7 Å². The molecule has 6 heteroatoms. The van der Waals surface area contributed by atoms with Gasteiger partial charge in [0.2, 0.25) is 0 Å². The minimum Gasteiger partial charge on any atom is -0.497 e. The molecule has 0 spiro atoms. The number of carbonyl (C=O) groups excluding carboxylic acids is 2. The third kappa shape index (κ3) is 5.10. The van der Waals surface area contributed by atoms with Gasteiger partial charge in [-0.05, 0) is 62.7 Å². The summed E-state index contributed by atoms with van der Waals surface area (Å²) in [5.74, 6) is 0.781. The largest absolute Gasteiger partial charge is 0.497 e. The first-order valence-corrected chi connectivity index (χ1v) is 9.60. The maximum Gasteiger partial charge on any atom is 0.319 e. The highest BCUT2D eigenvalue weighted by atomic mass is 16.5. The van der Waals surface area contributed by atoms with Crippen molar-refractivity contribution in [3.63, 3.8) is 0 Å². The van der Waals surface area contributed by atoms with Crippen LogP contribution in [0.2, 0.25) is 0 Å². The Kier molecular flexibility index (Phi) is 6.66. The molecule has 2 aromatic rings. The number of ketones is 1. The van der Waals surface area contributed by atoms with Gasteiger partial charge in [0.05, 0.1) is 13.2 Å². The van der Waals surface area contributed by atoms with Crippen LogP contribution in [0.15, 0.2) is 48.5 Å². The van der Waals surface area contributed by atoms with E-state index in [9.17, 15) is 9.59 Å². The fourth-order valence-corrected chi connectivity index (χ4v) is 3.54. The smallest absolute Gasteiger partial charge is 0.319 e. The van der Waals surface area contributed by atoms with Crippen LogP contribution >= 0.6 is 0 Å². The zero-order valence-electron chi connectivity index (χ0n) is 16.4. The summed E-state index contributed by atoms with van der Waals surface area (Å²) in [7, 11) is 1.66. The monoisotopic (exact) mass is 381 g/mol. The van der Waals surface area contributed by atoms with E-state index in [1.807, 2.05) is 18.2 Å². The number of Topliss-reactive ketones (excluding diaryl/α,β-unsaturated/α-hetero) is 1. The van der Waals surface area contributed by atoms with Gasteiger partial charge in [0.15, 0.2) is 5.78 Å². The van der Waals surface area contributed by atoms with Gasteiger partial charge in [-0.15, -0.1) is 0 Å². The van der Waals surface area contributed by atoms with Crippen LogP contribution in [0.5, 0.6) is 5.75 Å². The molecule has 0 bridgehead atoms. The maximum atomic E-state index is 12.4. The minimum atomic E-state index is -0.284. The minimum absolute atomic E-state index is 0.0313. The lowest BCUT2D eigenvalue weighted by Crippen LogP contribution is -2.38. The molecule has 0 aromatic heterocycles. The molecule has 1 unspecified atom stereocenters. The molecule has 1 atom stereocenters. The molecule has 0 radical (unpaired) electrons. The van der Waals surface area contributed by atoms with E-state index in [0.717, 1.165) is 24.4 Å². The highest BCUT2D eigenvalue weighted by Crippen LogP contribution is 2.27. The summed E-state index contributed by atoms with van der Waals surface area (Å²) in [6.07, 6.45) is 2.34. The summed E-state index contributed by atoms with van der Waals surface area (Å²) < 4.78 is 5.36. The lowest BCUT2D eigenvalue weighted by atomic mass is 10.1. The Bertz CT molecular complexity index is 831. The molecule has 2 N–H and O–H groups in total. The number of benzene rings is 2. The number of ether oxygens (including phenoxy) is 1. The van der Waals surface area contributed by atoms with Crippen LogP contribution in [0, 0.1) is 0 Å². The maximum absolute atomic E-state index is 12.4. The van der Waals surface area contributed by atoms with E-state index in [-0.39, 0.29) is 17.9 Å². The molecule has 2 aromatic carbocycles. The quantitative estimate of drug-likeness (QED) is 0.715. The Balaban J connectivity index is 1.66. The molecule has 1 heterocycles. The second-order valence-electron chi connectivity index (χ2n) is 7.01. The summed E-state index contributed by atoms with van der Waals surface area (Å²) in [5.41, 5.74) is 2.30. The van der Waals surface area contributed by atoms with Crippen LogP contribution in [0.1, 0.15) is 41.7 Å². The molecule has 1 saturated heterocycles. The highest BCUT2D eigenvalue weighted by Gasteiger charge is 2.24. The summed E-state index contributed by atoms with van der Waals surface area (Å²) in [4.78, 5) is 26.3. The summed E-state index contributed by atoms with van der Waals surface area (Å²) in [6, 6.07) is 14.7. The molecule has 1 fully saturated rings. The third-order valence-corrected chi connectivity index (χ3v) is 5.04. The van der Waals surface area contributed by atoms with Gasteiger partial charge in [-0.2, -0.15) is 0 Å². The van der Waals surface area contributed by atoms with Crippen molar-refractivity contribution in [1.29, 1.82) is 0 Å². The number of urea groups is 1. The summed E-state index contributed by atoms with van der Waals surface area (Å²) in [6.45, 7) is 4.04. The number of hydrogen-bond donors (Lipinski definition) is 2. The van der Waals surface area contributed by atoms with Gasteiger partial charge in [0.1, 0.15) is 5.75 Å². The normalized spacial score (nSPS) is 15.1.